The highest BCUT2D eigenvalue weighted by atomic mass is 16.2. The van der Waals surface area contributed by atoms with Gasteiger partial charge in [-0.1, -0.05) is 62.6 Å². The molecule has 1 atom stereocenters. The molecule has 0 radical (unpaired) electrons. The third-order valence-electron chi connectivity index (χ3n) is 5.49. The van der Waals surface area contributed by atoms with Crippen molar-refractivity contribution in [2.45, 2.75) is 90.5 Å². The lowest BCUT2D eigenvalue weighted by Gasteiger charge is -2.26. The van der Waals surface area contributed by atoms with Crippen LogP contribution in [0.2, 0.25) is 0 Å². The Morgan fingerprint density at radius 1 is 0.775 bits per heavy atom. The number of rotatable bonds is 9. The number of amides is 2. The summed E-state index contributed by atoms with van der Waals surface area (Å²) in [5, 5.41) is 20.2. The summed E-state index contributed by atoms with van der Waals surface area (Å²) in [4.78, 5) is 25.8. The van der Waals surface area contributed by atoms with Crippen LogP contribution in [0.4, 0.5) is 0 Å². The van der Waals surface area contributed by atoms with Crippen molar-refractivity contribution in [3.8, 4) is 6.07 Å². The van der Waals surface area contributed by atoms with Crippen molar-refractivity contribution in [2.75, 3.05) is 78.5 Å². The van der Waals surface area contributed by atoms with Gasteiger partial charge >= 0.3 is 0 Å². The SMILES string of the molecule is C.C.C.C.CC(=O)NCCN1CCNCC1.CC(=O)NCCN1CCNCC1.CCC(C)C#N.CCC=CCC. The lowest BCUT2D eigenvalue weighted by Crippen LogP contribution is -2.46. The summed E-state index contributed by atoms with van der Waals surface area (Å²) in [6.07, 6.45) is 7.68. The molecule has 0 spiro atoms. The zero-order valence-corrected chi connectivity index (χ0v) is 24.0. The molecule has 1 unspecified atom stereocenters. The molecule has 4 N–H and O–H groups in total. The van der Waals surface area contributed by atoms with E-state index in [1.165, 1.54) is 12.8 Å². The van der Waals surface area contributed by atoms with E-state index in [1.807, 2.05) is 13.8 Å². The average molecular weight is 574 g/mol. The highest BCUT2D eigenvalue weighted by Crippen LogP contribution is 1.94. The first-order valence-electron chi connectivity index (χ1n) is 13.7. The number of carbonyl (C=O) groups excluding carboxylic acids is 2. The van der Waals surface area contributed by atoms with Crippen LogP contribution >= 0.6 is 0 Å². The molecule has 0 aromatic heterocycles. The largest absolute Gasteiger partial charge is 0.355 e. The average Bonchev–Trinajstić information content (AvgIpc) is 2.89. The molecule has 0 aromatic carbocycles. The Hall–Kier alpha value is -1.99. The number of hydrogen-bond acceptors (Lipinski definition) is 7. The zero-order chi connectivity index (χ0) is 27.4. The number of carbonyl (C=O) groups is 2. The molecule has 2 aliphatic rings. The fraction of sp³-hybridized carbons (Fsp3) is 0.839. The summed E-state index contributed by atoms with van der Waals surface area (Å²) in [5.74, 6) is 0.361. The zero-order valence-electron chi connectivity index (χ0n) is 24.0. The van der Waals surface area contributed by atoms with Gasteiger partial charge in [0.25, 0.3) is 0 Å². The van der Waals surface area contributed by atoms with E-state index in [0.717, 1.165) is 85.0 Å². The standard InChI is InChI=1S/2C8H17N3O.C6H12.C5H9N.4CH4/c2*1-8(12)10-4-7-11-5-2-9-3-6-11;1-3-5-6-4-2;1-3-5(2)4-6;;;;/h2*9H,2-7H2,1H3,(H,10,12);5-6H,3-4H2,1-2H3;5H,3H2,1-2H3;4*1H4. The Kier molecular flexibility index (Phi) is 49.7. The van der Waals surface area contributed by atoms with Crippen molar-refractivity contribution in [3.05, 3.63) is 12.2 Å². The second-order valence-electron chi connectivity index (χ2n) is 8.88. The van der Waals surface area contributed by atoms with Crippen LogP contribution in [0.15, 0.2) is 12.2 Å². The molecule has 2 fully saturated rings. The predicted octanol–water partition coefficient (Wildman–Crippen LogP) is 4.52. The molecule has 9 nitrogen and oxygen atoms in total. The van der Waals surface area contributed by atoms with Gasteiger partial charge in [-0.3, -0.25) is 19.4 Å². The fourth-order valence-corrected chi connectivity index (χ4v) is 3.07. The highest BCUT2D eigenvalue weighted by Gasteiger charge is 2.08. The van der Waals surface area contributed by atoms with Crippen LogP contribution in [0, 0.1) is 17.2 Å². The number of nitrogens with zero attached hydrogens (tertiary/aromatic N) is 3. The number of allylic oxidation sites excluding steroid dienone is 2. The van der Waals surface area contributed by atoms with Crippen LogP contribution in [-0.2, 0) is 9.59 Å². The normalized spacial score (nSPS) is 14.9. The van der Waals surface area contributed by atoms with Gasteiger partial charge in [0, 0.05) is 98.3 Å². The van der Waals surface area contributed by atoms with Crippen molar-refractivity contribution < 1.29 is 9.59 Å². The van der Waals surface area contributed by atoms with E-state index < -0.39 is 0 Å². The fourth-order valence-electron chi connectivity index (χ4n) is 3.07. The van der Waals surface area contributed by atoms with Crippen LogP contribution in [0.1, 0.15) is 90.5 Å². The maximum atomic E-state index is 10.5. The van der Waals surface area contributed by atoms with Crippen LogP contribution in [-0.4, -0.2) is 100 Å². The van der Waals surface area contributed by atoms with Gasteiger partial charge < -0.3 is 21.3 Å². The third kappa shape index (κ3) is 40.5. The van der Waals surface area contributed by atoms with Gasteiger partial charge in [-0.25, -0.2) is 0 Å². The van der Waals surface area contributed by atoms with E-state index >= 15 is 0 Å². The molecule has 40 heavy (non-hydrogen) atoms. The van der Waals surface area contributed by atoms with E-state index in [9.17, 15) is 9.59 Å². The van der Waals surface area contributed by atoms with E-state index in [1.54, 1.807) is 13.8 Å². The van der Waals surface area contributed by atoms with Gasteiger partial charge in [-0.05, 0) is 26.2 Å². The summed E-state index contributed by atoms with van der Waals surface area (Å²) >= 11 is 0. The first kappa shape index (κ1) is 50.8. The van der Waals surface area contributed by atoms with Crippen molar-refractivity contribution in [2.24, 2.45) is 5.92 Å². The molecule has 9 heteroatoms. The van der Waals surface area contributed by atoms with Crippen LogP contribution < -0.4 is 21.3 Å². The van der Waals surface area contributed by atoms with Crippen molar-refractivity contribution in [1.82, 2.24) is 31.1 Å². The molecular formula is C31H71N7O2. The quantitative estimate of drug-likeness (QED) is 0.300. The molecule has 0 saturated carbocycles. The van der Waals surface area contributed by atoms with Crippen LogP contribution in [0.5, 0.6) is 0 Å². The first-order chi connectivity index (χ1) is 17.3. The summed E-state index contributed by atoms with van der Waals surface area (Å²) in [7, 11) is 0. The van der Waals surface area contributed by atoms with Gasteiger partial charge in [-0.15, -0.1) is 0 Å². The first-order valence-corrected chi connectivity index (χ1v) is 13.7. The lowest BCUT2D eigenvalue weighted by atomic mass is 10.2. The lowest BCUT2D eigenvalue weighted by molar-refractivity contribution is -0.119. The molecule has 2 heterocycles. The summed E-state index contributed by atoms with van der Waals surface area (Å²) in [6.45, 7) is 23.5. The maximum Gasteiger partial charge on any atom is 0.216 e. The topological polar surface area (TPSA) is 113 Å². The Balaban J connectivity index is -0.0000000979. The number of piperazine rings is 2. The third-order valence-corrected chi connectivity index (χ3v) is 5.49. The summed E-state index contributed by atoms with van der Waals surface area (Å²) in [5.41, 5.74) is 0. The molecule has 0 aliphatic carbocycles. The smallest absolute Gasteiger partial charge is 0.216 e. The monoisotopic (exact) mass is 574 g/mol. The van der Waals surface area contributed by atoms with Crippen molar-refractivity contribution >= 4 is 11.8 Å². The van der Waals surface area contributed by atoms with Gasteiger partial charge in [0.1, 0.15) is 0 Å². The Morgan fingerprint density at radius 3 is 1.30 bits per heavy atom. The Bertz CT molecular complexity index is 543. The number of nitrogens with one attached hydrogen (secondary N) is 4. The van der Waals surface area contributed by atoms with E-state index in [0.29, 0.717) is 0 Å². The molecule has 2 aliphatic heterocycles. The molecule has 0 bridgehead atoms. The van der Waals surface area contributed by atoms with E-state index in [4.69, 9.17) is 5.26 Å². The minimum absolute atomic E-state index is 0. The highest BCUT2D eigenvalue weighted by molar-refractivity contribution is 5.73. The maximum absolute atomic E-state index is 10.5. The minimum atomic E-state index is 0. The molecule has 242 valence electrons. The summed E-state index contributed by atoms with van der Waals surface area (Å²) in [6, 6.07) is 2.11. The van der Waals surface area contributed by atoms with E-state index in [2.05, 4.69) is 63.1 Å². The van der Waals surface area contributed by atoms with Gasteiger partial charge in [0.2, 0.25) is 11.8 Å². The molecule has 2 saturated heterocycles. The number of nitriles is 1. The second kappa shape index (κ2) is 39.2. The van der Waals surface area contributed by atoms with E-state index in [-0.39, 0.29) is 47.4 Å². The minimum Gasteiger partial charge on any atom is -0.355 e. The molecule has 0 aromatic rings. The molecular weight excluding hydrogens is 502 g/mol. The second-order valence-corrected chi connectivity index (χ2v) is 8.88. The van der Waals surface area contributed by atoms with Gasteiger partial charge in [-0.2, -0.15) is 5.26 Å². The van der Waals surface area contributed by atoms with Crippen molar-refractivity contribution in [1.29, 1.82) is 5.26 Å². The van der Waals surface area contributed by atoms with Gasteiger partial charge in [0.05, 0.1) is 6.07 Å². The Labute approximate surface area is 250 Å². The van der Waals surface area contributed by atoms with Crippen LogP contribution in [0.25, 0.3) is 0 Å². The number of hydrogen-bond donors (Lipinski definition) is 4. The van der Waals surface area contributed by atoms with Crippen LogP contribution in [0.3, 0.4) is 0 Å². The predicted molar refractivity (Wildman–Crippen MR) is 178 cm³/mol. The molecule has 2 amide bonds. The van der Waals surface area contributed by atoms with Gasteiger partial charge in [0.15, 0.2) is 0 Å². The Morgan fingerprint density at radius 2 is 1.10 bits per heavy atom. The molecule has 2 rings (SSSR count). The van der Waals surface area contributed by atoms with Crippen molar-refractivity contribution in [3.63, 3.8) is 0 Å². The summed E-state index contributed by atoms with van der Waals surface area (Å²) < 4.78 is 0.